The van der Waals surface area contributed by atoms with E-state index >= 15 is 0 Å². The van der Waals surface area contributed by atoms with Gasteiger partial charge in [0.15, 0.2) is 0 Å². The Morgan fingerprint density at radius 1 is 0.950 bits per heavy atom. The van der Waals surface area contributed by atoms with E-state index in [1.54, 1.807) is 0 Å². The van der Waals surface area contributed by atoms with Crippen molar-refractivity contribution in [2.45, 2.75) is 42.4 Å². The summed E-state index contributed by atoms with van der Waals surface area (Å²) in [7, 11) is -2.30. The number of rotatable bonds is 4. The van der Waals surface area contributed by atoms with Gasteiger partial charge in [-0.15, -0.1) is 0 Å². The van der Waals surface area contributed by atoms with Crippen molar-refractivity contribution in [1.29, 1.82) is 0 Å². The first-order chi connectivity index (χ1) is 9.37. The molecule has 0 heterocycles. The topological polar surface area (TPSA) is 17.1 Å². The fourth-order valence-corrected chi connectivity index (χ4v) is 4.99. The van der Waals surface area contributed by atoms with E-state index in [9.17, 15) is 4.21 Å². The average molecular weight is 303 g/mol. The summed E-state index contributed by atoms with van der Waals surface area (Å²) in [5.74, 6) is 0. The molecule has 1 atom stereocenters. The number of hydrogen-bond donors (Lipinski definition) is 0. The van der Waals surface area contributed by atoms with Crippen molar-refractivity contribution >= 4 is 18.9 Å². The van der Waals surface area contributed by atoms with E-state index in [1.807, 2.05) is 49.4 Å². The highest BCUT2D eigenvalue weighted by Gasteiger charge is 2.18. The highest BCUT2D eigenvalue weighted by Crippen LogP contribution is 2.23. The average Bonchev–Trinajstić information content (AvgIpc) is 2.37. The summed E-state index contributed by atoms with van der Waals surface area (Å²) in [5, 5.41) is 0. The highest BCUT2D eigenvalue weighted by molar-refractivity contribution is 7.85. The van der Waals surface area contributed by atoms with E-state index in [1.165, 1.54) is 11.1 Å². The molecule has 0 aromatic heterocycles. The Morgan fingerprint density at radius 2 is 1.55 bits per heavy atom. The quantitative estimate of drug-likeness (QED) is 0.755. The molecule has 2 aromatic rings. The molecule has 0 spiro atoms. The van der Waals surface area contributed by atoms with Crippen molar-refractivity contribution in [2.75, 3.05) is 0 Å². The maximum atomic E-state index is 12.8. The fourth-order valence-electron chi connectivity index (χ4n) is 2.19. The van der Waals surface area contributed by atoms with Crippen LogP contribution in [0.3, 0.4) is 0 Å². The molecule has 0 aliphatic carbocycles. The lowest BCUT2D eigenvalue weighted by atomic mass is 10.2. The van der Waals surface area contributed by atoms with Crippen LogP contribution in [0.1, 0.15) is 11.1 Å². The van der Waals surface area contributed by atoms with E-state index < -0.39 is 18.9 Å². The van der Waals surface area contributed by atoms with E-state index in [0.717, 1.165) is 15.8 Å². The third kappa shape index (κ3) is 3.90. The summed E-state index contributed by atoms with van der Waals surface area (Å²) >= 11 is 0. The lowest BCUT2D eigenvalue weighted by Crippen LogP contribution is -2.24. The van der Waals surface area contributed by atoms with Crippen LogP contribution >= 0.6 is 0 Å². The van der Waals surface area contributed by atoms with Crippen molar-refractivity contribution in [3.05, 3.63) is 59.7 Å². The minimum Gasteiger partial charge on any atom is -0.249 e. The second kappa shape index (κ2) is 6.06. The summed E-state index contributed by atoms with van der Waals surface area (Å²) in [6, 6.07) is 17.2. The fraction of sp³-hybridized carbons (Fsp3) is 0.294. The third-order valence-electron chi connectivity index (χ3n) is 3.13. The minimum absolute atomic E-state index is 0.888. The summed E-state index contributed by atoms with van der Waals surface area (Å²) in [4.78, 5) is 1.86. The highest BCUT2D eigenvalue weighted by atomic mass is 32.2. The van der Waals surface area contributed by atoms with Crippen LogP contribution in [-0.4, -0.2) is 12.3 Å². The predicted octanol–water partition coefficient (Wildman–Crippen LogP) is 4.58. The number of hydrogen-bond acceptors (Lipinski definition) is 1. The molecular weight excluding hydrogens is 280 g/mol. The normalized spacial score (nSPS) is 13.2. The first-order valence-corrected chi connectivity index (χ1v) is 11.8. The van der Waals surface area contributed by atoms with Crippen LogP contribution in [0.15, 0.2) is 58.3 Å². The first-order valence-electron chi connectivity index (χ1n) is 6.93. The number of benzene rings is 2. The summed E-state index contributed by atoms with van der Waals surface area (Å²) in [5.41, 5.74) is 2.44. The molecule has 1 unspecified atom stereocenters. The molecular formula is C17H22OSSi. The molecule has 0 fully saturated rings. The smallest absolute Gasteiger partial charge is 0.0852 e. The molecule has 0 aliphatic rings. The molecule has 0 saturated heterocycles. The largest absolute Gasteiger partial charge is 0.249 e. The van der Waals surface area contributed by atoms with Gasteiger partial charge < -0.3 is 0 Å². The molecule has 0 amide bonds. The van der Waals surface area contributed by atoms with Crippen LogP contribution in [0.2, 0.25) is 19.6 Å². The zero-order valence-corrected chi connectivity index (χ0v) is 14.5. The van der Waals surface area contributed by atoms with E-state index in [2.05, 4.69) is 25.7 Å². The third-order valence-corrected chi connectivity index (χ3v) is 6.07. The monoisotopic (exact) mass is 302 g/mol. The van der Waals surface area contributed by atoms with E-state index in [4.69, 9.17) is 0 Å². The lowest BCUT2D eigenvalue weighted by Gasteiger charge is -2.18. The van der Waals surface area contributed by atoms with Crippen molar-refractivity contribution in [3.63, 3.8) is 0 Å². The number of aryl methyl sites for hydroxylation is 1. The molecule has 0 N–H and O–H groups in total. The van der Waals surface area contributed by atoms with Gasteiger partial charge in [-0.1, -0.05) is 55.5 Å². The van der Waals surface area contributed by atoms with Gasteiger partial charge >= 0.3 is 0 Å². The molecule has 1 nitrogen and oxygen atoms in total. The molecule has 0 saturated carbocycles. The van der Waals surface area contributed by atoms with Crippen LogP contribution < -0.4 is 0 Å². The summed E-state index contributed by atoms with van der Waals surface area (Å²) in [6.45, 7) is 9.08. The van der Waals surface area contributed by atoms with Crippen molar-refractivity contribution in [3.8, 4) is 0 Å². The zero-order chi connectivity index (χ0) is 14.8. The van der Waals surface area contributed by atoms with Gasteiger partial charge in [-0.2, -0.15) is 0 Å². The second-order valence-electron chi connectivity index (χ2n) is 6.43. The van der Waals surface area contributed by atoms with Crippen LogP contribution in [0.25, 0.3) is 0 Å². The van der Waals surface area contributed by atoms with E-state index in [-0.39, 0.29) is 0 Å². The van der Waals surface area contributed by atoms with Gasteiger partial charge in [-0.05, 0) is 36.7 Å². The Morgan fingerprint density at radius 3 is 2.15 bits per heavy atom. The summed E-state index contributed by atoms with van der Waals surface area (Å²) < 4.78 is 12.8. The van der Waals surface area contributed by atoms with Crippen LogP contribution in [-0.2, 0) is 16.8 Å². The van der Waals surface area contributed by atoms with Crippen molar-refractivity contribution in [2.24, 2.45) is 0 Å². The van der Waals surface area contributed by atoms with Gasteiger partial charge in [0.25, 0.3) is 0 Å². The maximum absolute atomic E-state index is 12.8. The summed E-state index contributed by atoms with van der Waals surface area (Å²) in [6.07, 6.45) is 0. The molecule has 0 radical (unpaired) electrons. The van der Waals surface area contributed by atoms with Gasteiger partial charge in [-0.3, -0.25) is 0 Å². The SMILES string of the molecule is Cc1ccc(S(=O)c2ccccc2C[Si](C)(C)C)cc1. The van der Waals surface area contributed by atoms with Crippen LogP contribution in [0.5, 0.6) is 0 Å². The standard InChI is InChI=1S/C17H22OSSi/c1-14-9-11-16(12-10-14)19(18)17-8-6-5-7-15(17)13-20(2,3)4/h5-12H,13H2,1-4H3. The minimum atomic E-state index is -1.22. The van der Waals surface area contributed by atoms with Crippen molar-refractivity contribution in [1.82, 2.24) is 0 Å². The molecule has 3 heteroatoms. The van der Waals surface area contributed by atoms with Gasteiger partial charge in [0.2, 0.25) is 0 Å². The van der Waals surface area contributed by atoms with Crippen molar-refractivity contribution < 1.29 is 4.21 Å². The van der Waals surface area contributed by atoms with Gasteiger partial charge in [0, 0.05) is 17.9 Å². The van der Waals surface area contributed by atoms with Crippen LogP contribution in [0, 0.1) is 6.92 Å². The Labute approximate surface area is 125 Å². The maximum Gasteiger partial charge on any atom is 0.0852 e. The second-order valence-corrected chi connectivity index (χ2v) is 13.4. The molecule has 20 heavy (non-hydrogen) atoms. The molecule has 2 aromatic carbocycles. The molecule has 106 valence electrons. The molecule has 0 aliphatic heterocycles. The Balaban J connectivity index is 2.37. The van der Waals surface area contributed by atoms with Gasteiger partial charge in [0.05, 0.1) is 10.8 Å². The molecule has 0 bridgehead atoms. The van der Waals surface area contributed by atoms with Gasteiger partial charge in [0.1, 0.15) is 0 Å². The Kier molecular flexibility index (Phi) is 4.61. The first kappa shape index (κ1) is 15.2. The zero-order valence-electron chi connectivity index (χ0n) is 12.6. The Hall–Kier alpha value is -1.19. The lowest BCUT2D eigenvalue weighted by molar-refractivity contribution is 0.682. The molecule has 2 rings (SSSR count). The van der Waals surface area contributed by atoms with Gasteiger partial charge in [-0.25, -0.2) is 4.21 Å². The predicted molar refractivity (Wildman–Crippen MR) is 89.3 cm³/mol. The Bertz CT molecular complexity index is 612. The van der Waals surface area contributed by atoms with E-state index in [0.29, 0.717) is 0 Å². The van der Waals surface area contributed by atoms with Crippen LogP contribution in [0.4, 0.5) is 0 Å².